The van der Waals surface area contributed by atoms with Crippen LogP contribution in [0.25, 0.3) is 11.0 Å². The Bertz CT molecular complexity index is 952. The highest BCUT2D eigenvalue weighted by atomic mass is 16.2. The number of hydrogen-bond donors (Lipinski definition) is 1. The third-order valence-corrected chi connectivity index (χ3v) is 4.75. The van der Waals surface area contributed by atoms with Gasteiger partial charge in [0.2, 0.25) is 5.91 Å². The number of fused-ring (bicyclic) bond motifs is 1. The zero-order valence-electron chi connectivity index (χ0n) is 13.9. The van der Waals surface area contributed by atoms with E-state index < -0.39 is 0 Å². The molecule has 0 radical (unpaired) electrons. The number of terminal acetylenes is 1. The van der Waals surface area contributed by atoms with Gasteiger partial charge in [-0.3, -0.25) is 4.79 Å². The molecule has 2 heterocycles. The number of likely N-dealkylation sites (tertiary alicyclic amines) is 1. The molecule has 4 heteroatoms. The van der Waals surface area contributed by atoms with Crippen LogP contribution in [0.5, 0.6) is 0 Å². The number of nitrogens with one attached hydrogen (secondary N) is 1. The Morgan fingerprint density at radius 2 is 2.12 bits per heavy atom. The van der Waals surface area contributed by atoms with E-state index in [2.05, 4.69) is 10.9 Å². The first kappa shape index (κ1) is 15.5. The Morgan fingerprint density at radius 3 is 2.92 bits per heavy atom. The Morgan fingerprint density at radius 1 is 1.28 bits per heavy atom. The van der Waals surface area contributed by atoms with Crippen LogP contribution in [0.15, 0.2) is 48.5 Å². The molecule has 1 N–H and O–H groups in total. The number of rotatable bonds is 3. The van der Waals surface area contributed by atoms with Crippen molar-refractivity contribution in [3.63, 3.8) is 0 Å². The fourth-order valence-corrected chi connectivity index (χ4v) is 3.49. The number of H-pyrrole nitrogens is 1. The molecule has 1 atom stereocenters. The third-order valence-electron chi connectivity index (χ3n) is 4.75. The molecule has 2 aromatic carbocycles. The van der Waals surface area contributed by atoms with Gasteiger partial charge in [0, 0.05) is 12.1 Å². The molecule has 1 aliphatic rings. The average Bonchev–Trinajstić information content (AvgIpc) is 3.28. The van der Waals surface area contributed by atoms with Gasteiger partial charge in [0.25, 0.3) is 0 Å². The van der Waals surface area contributed by atoms with Crippen molar-refractivity contribution in [2.24, 2.45) is 0 Å². The second-order valence-electron chi connectivity index (χ2n) is 6.41. The summed E-state index contributed by atoms with van der Waals surface area (Å²) in [5, 5.41) is 0. The molecule has 1 aliphatic heterocycles. The summed E-state index contributed by atoms with van der Waals surface area (Å²) in [6, 6.07) is 15.6. The molecule has 0 unspecified atom stereocenters. The molecule has 4 nitrogen and oxygen atoms in total. The normalized spacial score (nSPS) is 16.9. The molecule has 4 rings (SSSR count). The highest BCUT2D eigenvalue weighted by molar-refractivity contribution is 5.80. The van der Waals surface area contributed by atoms with Gasteiger partial charge in [-0.15, -0.1) is 6.42 Å². The number of carbonyl (C=O) groups excluding carboxylic acids is 1. The number of carbonyl (C=O) groups is 1. The highest BCUT2D eigenvalue weighted by Gasteiger charge is 2.31. The summed E-state index contributed by atoms with van der Waals surface area (Å²) >= 11 is 0. The van der Waals surface area contributed by atoms with Gasteiger partial charge >= 0.3 is 0 Å². The van der Waals surface area contributed by atoms with Crippen molar-refractivity contribution in [3.05, 3.63) is 65.5 Å². The molecule has 0 spiro atoms. The maximum Gasteiger partial charge on any atom is 0.227 e. The standard InChI is InChI=1S/C21H19N3O/c1-2-15-10-11-17-18(13-15)23-21(22-17)19-9-6-12-24(19)20(25)14-16-7-4-3-5-8-16/h1,3-5,7-8,10-11,13,19H,6,9,12,14H2,(H,22,23)/t19-/m0/s1. The largest absolute Gasteiger partial charge is 0.340 e. The Balaban J connectivity index is 1.59. The minimum absolute atomic E-state index is 0.0119. The molecule has 25 heavy (non-hydrogen) atoms. The first-order valence-corrected chi connectivity index (χ1v) is 8.54. The van der Waals surface area contributed by atoms with Crippen molar-refractivity contribution in [1.82, 2.24) is 14.9 Å². The van der Waals surface area contributed by atoms with E-state index in [4.69, 9.17) is 11.4 Å². The number of amides is 1. The quantitative estimate of drug-likeness (QED) is 0.748. The number of aromatic amines is 1. The molecular formula is C21H19N3O. The lowest BCUT2D eigenvalue weighted by molar-refractivity contribution is -0.131. The van der Waals surface area contributed by atoms with E-state index in [0.717, 1.165) is 47.4 Å². The second-order valence-corrected chi connectivity index (χ2v) is 6.41. The van der Waals surface area contributed by atoms with E-state index in [1.165, 1.54) is 0 Å². The fourth-order valence-electron chi connectivity index (χ4n) is 3.49. The predicted octanol–water partition coefficient (Wildman–Crippen LogP) is 3.45. The molecule has 1 saturated heterocycles. The Labute approximate surface area is 146 Å². The van der Waals surface area contributed by atoms with Crippen LogP contribution in [0.3, 0.4) is 0 Å². The fraction of sp³-hybridized carbons (Fsp3) is 0.238. The minimum atomic E-state index is 0.0119. The lowest BCUT2D eigenvalue weighted by Crippen LogP contribution is -2.32. The van der Waals surface area contributed by atoms with Crippen LogP contribution in [0.1, 0.15) is 35.8 Å². The van der Waals surface area contributed by atoms with Crippen LogP contribution in [-0.4, -0.2) is 27.3 Å². The summed E-state index contributed by atoms with van der Waals surface area (Å²) in [5.74, 6) is 3.64. The second kappa shape index (κ2) is 6.45. The number of benzene rings is 2. The van der Waals surface area contributed by atoms with Crippen LogP contribution in [0, 0.1) is 12.3 Å². The van der Waals surface area contributed by atoms with Gasteiger partial charge in [-0.05, 0) is 36.6 Å². The number of aromatic nitrogens is 2. The molecular weight excluding hydrogens is 310 g/mol. The van der Waals surface area contributed by atoms with E-state index in [1.54, 1.807) is 0 Å². The third kappa shape index (κ3) is 3.01. The molecule has 3 aromatic rings. The van der Waals surface area contributed by atoms with Gasteiger partial charge in [-0.1, -0.05) is 36.3 Å². The van der Waals surface area contributed by atoms with Crippen molar-refractivity contribution in [2.75, 3.05) is 6.54 Å². The van der Waals surface area contributed by atoms with Gasteiger partial charge in [-0.25, -0.2) is 4.98 Å². The van der Waals surface area contributed by atoms with Crippen LogP contribution in [-0.2, 0) is 11.2 Å². The zero-order chi connectivity index (χ0) is 17.2. The van der Waals surface area contributed by atoms with Crippen molar-refractivity contribution in [3.8, 4) is 12.3 Å². The Hall–Kier alpha value is -3.06. The van der Waals surface area contributed by atoms with Crippen LogP contribution in [0.2, 0.25) is 0 Å². The smallest absolute Gasteiger partial charge is 0.227 e. The lowest BCUT2D eigenvalue weighted by Gasteiger charge is -2.23. The highest BCUT2D eigenvalue weighted by Crippen LogP contribution is 2.32. The summed E-state index contributed by atoms with van der Waals surface area (Å²) in [6.07, 6.45) is 7.82. The number of nitrogens with zero attached hydrogens (tertiary/aromatic N) is 2. The van der Waals surface area contributed by atoms with Crippen molar-refractivity contribution >= 4 is 16.9 Å². The van der Waals surface area contributed by atoms with Crippen molar-refractivity contribution in [2.45, 2.75) is 25.3 Å². The maximum absolute atomic E-state index is 12.8. The van der Waals surface area contributed by atoms with Gasteiger partial charge < -0.3 is 9.88 Å². The van der Waals surface area contributed by atoms with Gasteiger partial charge in [0.05, 0.1) is 23.5 Å². The summed E-state index contributed by atoms with van der Waals surface area (Å²) in [5.41, 5.74) is 3.67. The van der Waals surface area contributed by atoms with E-state index in [9.17, 15) is 4.79 Å². The van der Waals surface area contributed by atoms with Gasteiger partial charge in [0.1, 0.15) is 5.82 Å². The predicted molar refractivity (Wildman–Crippen MR) is 97.9 cm³/mol. The summed E-state index contributed by atoms with van der Waals surface area (Å²) in [4.78, 5) is 22.8. The van der Waals surface area contributed by atoms with Crippen molar-refractivity contribution < 1.29 is 4.79 Å². The van der Waals surface area contributed by atoms with Crippen molar-refractivity contribution in [1.29, 1.82) is 0 Å². The average molecular weight is 329 g/mol. The number of hydrogen-bond acceptors (Lipinski definition) is 2. The van der Waals surface area contributed by atoms with Crippen LogP contribution in [0.4, 0.5) is 0 Å². The van der Waals surface area contributed by atoms with Crippen LogP contribution >= 0.6 is 0 Å². The molecule has 1 amide bonds. The summed E-state index contributed by atoms with van der Waals surface area (Å²) in [6.45, 7) is 0.781. The summed E-state index contributed by atoms with van der Waals surface area (Å²) in [7, 11) is 0. The topological polar surface area (TPSA) is 49.0 Å². The summed E-state index contributed by atoms with van der Waals surface area (Å²) < 4.78 is 0. The van der Waals surface area contributed by atoms with Crippen LogP contribution < -0.4 is 0 Å². The zero-order valence-corrected chi connectivity index (χ0v) is 13.9. The molecule has 1 fully saturated rings. The number of imidazole rings is 1. The molecule has 1 aromatic heterocycles. The first-order chi connectivity index (χ1) is 12.2. The lowest BCUT2D eigenvalue weighted by atomic mass is 10.1. The van der Waals surface area contributed by atoms with E-state index in [1.807, 2.05) is 53.4 Å². The molecule has 0 saturated carbocycles. The molecule has 124 valence electrons. The molecule has 0 aliphatic carbocycles. The Kier molecular flexibility index (Phi) is 3.99. The van der Waals surface area contributed by atoms with E-state index >= 15 is 0 Å². The SMILES string of the molecule is C#Cc1ccc2[nH]c([C@@H]3CCCN3C(=O)Cc3ccccc3)nc2c1. The monoisotopic (exact) mass is 329 g/mol. The van der Waals surface area contributed by atoms with E-state index in [-0.39, 0.29) is 11.9 Å². The molecule has 0 bridgehead atoms. The maximum atomic E-state index is 12.8. The van der Waals surface area contributed by atoms with E-state index in [0.29, 0.717) is 6.42 Å². The first-order valence-electron chi connectivity index (χ1n) is 8.54. The van der Waals surface area contributed by atoms with Gasteiger partial charge in [0.15, 0.2) is 0 Å². The van der Waals surface area contributed by atoms with Gasteiger partial charge in [-0.2, -0.15) is 0 Å². The minimum Gasteiger partial charge on any atom is -0.340 e.